The van der Waals surface area contributed by atoms with Crippen LogP contribution in [-0.2, 0) is 6.42 Å². The number of rotatable bonds is 5. The molecule has 166 valence electrons. The van der Waals surface area contributed by atoms with Crippen LogP contribution in [0.4, 0.5) is 5.69 Å². The minimum Gasteiger partial charge on any atom is -0.351 e. The third-order valence-electron chi connectivity index (χ3n) is 6.53. The Balaban J connectivity index is 1.69. The molecule has 0 aliphatic carbocycles. The van der Waals surface area contributed by atoms with E-state index in [9.17, 15) is 0 Å². The van der Waals surface area contributed by atoms with E-state index in [0.717, 1.165) is 22.9 Å². The smallest absolute Gasteiger partial charge is 0.174 e. The number of aromatic nitrogens is 2. The third kappa shape index (κ3) is 3.72. The van der Waals surface area contributed by atoms with Gasteiger partial charge in [0.15, 0.2) is 5.11 Å². The molecule has 0 amide bonds. The molecular formula is C28H28N4S. The quantitative estimate of drug-likeness (QED) is 0.364. The van der Waals surface area contributed by atoms with Gasteiger partial charge in [0.1, 0.15) is 0 Å². The highest BCUT2D eigenvalue weighted by molar-refractivity contribution is 7.80. The minimum atomic E-state index is -0.0470. The first-order valence-electron chi connectivity index (χ1n) is 11.4. The average molecular weight is 453 g/mol. The summed E-state index contributed by atoms with van der Waals surface area (Å²) >= 11 is 5.87. The van der Waals surface area contributed by atoms with Gasteiger partial charge in [-0.05, 0) is 80.0 Å². The second-order valence-electron chi connectivity index (χ2n) is 8.48. The van der Waals surface area contributed by atoms with E-state index in [0.29, 0.717) is 0 Å². The molecule has 4 nitrogen and oxygen atoms in total. The summed E-state index contributed by atoms with van der Waals surface area (Å²) in [5, 5.41) is 4.29. The molecule has 1 aliphatic heterocycles. The van der Waals surface area contributed by atoms with E-state index >= 15 is 0 Å². The molecule has 4 aromatic rings. The van der Waals surface area contributed by atoms with Crippen molar-refractivity contribution >= 4 is 23.0 Å². The van der Waals surface area contributed by atoms with E-state index in [1.165, 1.54) is 28.2 Å². The monoisotopic (exact) mass is 452 g/mol. The number of para-hydroxylation sites is 2. The number of benzene rings is 2. The molecule has 3 heterocycles. The first-order valence-corrected chi connectivity index (χ1v) is 11.8. The highest BCUT2D eigenvalue weighted by Gasteiger charge is 2.42. The number of nitrogens with zero attached hydrogens (tertiary/aromatic N) is 3. The number of pyridine rings is 1. The van der Waals surface area contributed by atoms with Gasteiger partial charge < -0.3 is 14.8 Å². The van der Waals surface area contributed by atoms with Crippen molar-refractivity contribution in [1.29, 1.82) is 0 Å². The molecular weight excluding hydrogens is 424 g/mol. The Morgan fingerprint density at radius 3 is 2.39 bits per heavy atom. The molecule has 2 aromatic heterocycles. The Morgan fingerprint density at radius 2 is 1.67 bits per heavy atom. The van der Waals surface area contributed by atoms with Crippen molar-refractivity contribution in [1.82, 2.24) is 14.9 Å². The normalized spacial score (nSPS) is 17.9. The standard InChI is InChI=1S/C28H28N4S/c1-4-21-12-8-9-16-25(21)31-19(2)18-23(20(31)3)27-26(24-15-10-11-17-29-24)30-28(33)32(27)22-13-6-5-7-14-22/h5-18,26-27H,4H2,1-3H3,(H,30,33). The van der Waals surface area contributed by atoms with E-state index in [-0.39, 0.29) is 12.1 Å². The number of anilines is 1. The number of thiocarbonyl (C=S) groups is 1. The molecule has 33 heavy (non-hydrogen) atoms. The van der Waals surface area contributed by atoms with Crippen LogP contribution in [-0.4, -0.2) is 14.7 Å². The Bertz CT molecular complexity index is 1280. The fourth-order valence-electron chi connectivity index (χ4n) is 5.02. The molecule has 0 saturated carbocycles. The second-order valence-corrected chi connectivity index (χ2v) is 8.86. The van der Waals surface area contributed by atoms with Crippen molar-refractivity contribution in [2.75, 3.05) is 4.90 Å². The number of nitrogens with one attached hydrogen (secondary N) is 1. The number of aryl methyl sites for hydroxylation is 2. The van der Waals surface area contributed by atoms with Gasteiger partial charge in [-0.1, -0.05) is 49.4 Å². The molecule has 2 aromatic carbocycles. The third-order valence-corrected chi connectivity index (χ3v) is 6.85. The van der Waals surface area contributed by atoms with Crippen molar-refractivity contribution in [3.8, 4) is 5.69 Å². The van der Waals surface area contributed by atoms with Gasteiger partial charge in [-0.2, -0.15) is 0 Å². The second kappa shape index (κ2) is 8.83. The van der Waals surface area contributed by atoms with E-state index in [2.05, 4.69) is 101 Å². The zero-order chi connectivity index (χ0) is 22.9. The molecule has 5 heteroatoms. The first kappa shape index (κ1) is 21.4. The van der Waals surface area contributed by atoms with Crippen molar-refractivity contribution in [3.63, 3.8) is 0 Å². The van der Waals surface area contributed by atoms with Gasteiger partial charge in [-0.3, -0.25) is 4.98 Å². The summed E-state index contributed by atoms with van der Waals surface area (Å²) in [5.41, 5.74) is 8.35. The van der Waals surface area contributed by atoms with Gasteiger partial charge in [-0.15, -0.1) is 0 Å². The highest BCUT2D eigenvalue weighted by Crippen LogP contribution is 2.43. The minimum absolute atomic E-state index is 0.0106. The first-order chi connectivity index (χ1) is 16.1. The molecule has 0 bridgehead atoms. The van der Waals surface area contributed by atoms with E-state index in [1.807, 2.05) is 24.4 Å². The van der Waals surface area contributed by atoms with Crippen molar-refractivity contribution < 1.29 is 0 Å². The van der Waals surface area contributed by atoms with Gasteiger partial charge in [0.05, 0.1) is 17.8 Å². The maximum atomic E-state index is 5.87. The van der Waals surface area contributed by atoms with E-state index < -0.39 is 0 Å². The van der Waals surface area contributed by atoms with Crippen LogP contribution < -0.4 is 10.2 Å². The Kier molecular flexibility index (Phi) is 5.73. The predicted molar refractivity (Wildman–Crippen MR) is 139 cm³/mol. The number of hydrogen-bond acceptors (Lipinski definition) is 2. The van der Waals surface area contributed by atoms with Crippen LogP contribution in [0.5, 0.6) is 0 Å². The topological polar surface area (TPSA) is 33.1 Å². The van der Waals surface area contributed by atoms with Crippen LogP contribution in [0.15, 0.2) is 85.1 Å². The van der Waals surface area contributed by atoms with Crippen LogP contribution in [0, 0.1) is 13.8 Å². The highest BCUT2D eigenvalue weighted by atomic mass is 32.1. The van der Waals surface area contributed by atoms with Crippen LogP contribution in [0.1, 0.15) is 47.2 Å². The van der Waals surface area contributed by atoms with Gasteiger partial charge in [0.25, 0.3) is 0 Å². The average Bonchev–Trinajstić information content (AvgIpc) is 3.35. The van der Waals surface area contributed by atoms with Gasteiger partial charge in [-0.25, -0.2) is 0 Å². The zero-order valence-corrected chi connectivity index (χ0v) is 20.0. The van der Waals surface area contributed by atoms with Crippen molar-refractivity contribution in [2.24, 2.45) is 0 Å². The number of hydrogen-bond donors (Lipinski definition) is 1. The fraction of sp³-hybridized carbons (Fsp3) is 0.214. The van der Waals surface area contributed by atoms with Gasteiger partial charge >= 0.3 is 0 Å². The lowest BCUT2D eigenvalue weighted by molar-refractivity contribution is 0.565. The molecule has 1 fully saturated rings. The maximum absolute atomic E-state index is 5.87. The van der Waals surface area contributed by atoms with Crippen molar-refractivity contribution in [3.05, 3.63) is 113 Å². The fourth-order valence-corrected chi connectivity index (χ4v) is 5.37. The predicted octanol–water partition coefficient (Wildman–Crippen LogP) is 6.23. The molecule has 0 spiro atoms. The maximum Gasteiger partial charge on any atom is 0.174 e. The molecule has 1 saturated heterocycles. The Hall–Kier alpha value is -3.44. The van der Waals surface area contributed by atoms with Gasteiger partial charge in [0, 0.05) is 29.0 Å². The lowest BCUT2D eigenvalue weighted by Crippen LogP contribution is -2.29. The van der Waals surface area contributed by atoms with Crippen molar-refractivity contribution in [2.45, 2.75) is 39.3 Å². The zero-order valence-electron chi connectivity index (χ0n) is 19.2. The Morgan fingerprint density at radius 1 is 0.939 bits per heavy atom. The Labute approximate surface area is 200 Å². The molecule has 2 unspecified atom stereocenters. The van der Waals surface area contributed by atoms with Crippen LogP contribution in [0.3, 0.4) is 0 Å². The summed E-state index contributed by atoms with van der Waals surface area (Å²) in [5.74, 6) is 0. The molecule has 0 radical (unpaired) electrons. The lowest BCUT2D eigenvalue weighted by Gasteiger charge is -2.28. The summed E-state index contributed by atoms with van der Waals surface area (Å²) in [6.45, 7) is 6.61. The summed E-state index contributed by atoms with van der Waals surface area (Å²) in [6.07, 6.45) is 2.84. The molecule has 1 N–H and O–H groups in total. The van der Waals surface area contributed by atoms with Gasteiger partial charge in [0.2, 0.25) is 0 Å². The summed E-state index contributed by atoms with van der Waals surface area (Å²) < 4.78 is 2.38. The van der Waals surface area contributed by atoms with Crippen LogP contribution in [0.2, 0.25) is 0 Å². The molecule has 2 atom stereocenters. The SMILES string of the molecule is CCc1ccccc1-n1c(C)cc(C2C(c3ccccn3)NC(=S)N2c2ccccc2)c1C. The summed E-state index contributed by atoms with van der Waals surface area (Å²) in [4.78, 5) is 6.93. The van der Waals surface area contributed by atoms with Crippen LogP contribution in [0.25, 0.3) is 5.69 Å². The molecule has 1 aliphatic rings. The summed E-state index contributed by atoms with van der Waals surface area (Å²) in [7, 11) is 0. The largest absolute Gasteiger partial charge is 0.351 e. The summed E-state index contributed by atoms with van der Waals surface area (Å²) in [6, 6.07) is 27.4. The van der Waals surface area contributed by atoms with Crippen LogP contribution >= 0.6 is 12.2 Å². The lowest BCUT2D eigenvalue weighted by atomic mass is 9.96. The van der Waals surface area contributed by atoms with E-state index in [4.69, 9.17) is 12.2 Å². The van der Waals surface area contributed by atoms with E-state index in [1.54, 1.807) is 0 Å². The molecule has 5 rings (SSSR count).